The van der Waals surface area contributed by atoms with Gasteiger partial charge in [-0.3, -0.25) is 9.59 Å². The minimum Gasteiger partial charge on any atom is -0.489 e. The number of hydrogen-bond donors (Lipinski definition) is 0. The first-order valence-corrected chi connectivity index (χ1v) is 17.0. The molecule has 0 saturated heterocycles. The van der Waals surface area contributed by atoms with E-state index in [0.29, 0.717) is 16.7 Å². The highest BCUT2D eigenvalue weighted by molar-refractivity contribution is 6.39. The highest BCUT2D eigenvalue weighted by atomic mass is 16.5. The summed E-state index contributed by atoms with van der Waals surface area (Å²) in [5, 5.41) is 18.6. The lowest BCUT2D eigenvalue weighted by Crippen LogP contribution is -2.24. The van der Waals surface area contributed by atoms with Crippen LogP contribution < -0.4 is 0 Å². The molecule has 0 atom stereocenters. The van der Waals surface area contributed by atoms with Gasteiger partial charge < -0.3 is 9.47 Å². The Labute approximate surface area is 292 Å². The highest BCUT2D eigenvalue weighted by Gasteiger charge is 2.36. The molecule has 10 rings (SSSR count). The summed E-state index contributed by atoms with van der Waals surface area (Å²) in [6.45, 7) is 1.68. The zero-order valence-electron chi connectivity index (χ0n) is 28.3. The second kappa shape index (κ2) is 10.7. The minimum atomic E-state index is -0.357. The SMILES string of the molecule is COC1=C(OC)C(=O)C(c2cccc3cc4cc5cc6ccc7cc8cc9cc%10ccccc%10cc9cc8cc7c6cc5cc4cc23)=C(C)C1=O. The van der Waals surface area contributed by atoms with E-state index in [9.17, 15) is 9.59 Å². The standard InChI is InChI=1S/C47H30O4/c1-25-43(45(49)47(51-3)46(50-2)44(25)48)39-10-6-9-28-15-33-19-35-17-30-12-11-29-16-34-18-31-13-26-7-4-5-8-27(26)14-32(31)20-36(34)23-41(29)42(30)24-38(35)21-37(33)22-40(28)39/h4-24H,1-3H3. The smallest absolute Gasteiger partial charge is 0.232 e. The largest absolute Gasteiger partial charge is 0.489 e. The molecule has 9 aromatic carbocycles. The van der Waals surface area contributed by atoms with Gasteiger partial charge in [-0.2, -0.15) is 0 Å². The number of carbonyl (C=O) groups excluding carboxylic acids is 2. The molecule has 51 heavy (non-hydrogen) atoms. The van der Waals surface area contributed by atoms with E-state index in [0.717, 1.165) is 32.3 Å². The Morgan fingerprint density at radius 1 is 0.373 bits per heavy atom. The molecular formula is C47H30O4. The van der Waals surface area contributed by atoms with Crippen molar-refractivity contribution in [3.05, 3.63) is 150 Å². The number of Topliss-reactive ketones (excluding diaryl/α,β-unsaturated/α-hetero) is 2. The highest BCUT2D eigenvalue weighted by Crippen LogP contribution is 2.39. The Kier molecular flexibility index (Phi) is 6.19. The molecule has 0 heterocycles. The molecule has 0 aromatic heterocycles. The number of allylic oxidation sites excluding steroid dienone is 2. The number of methoxy groups -OCH3 is 2. The number of fused-ring (bicyclic) bond motifs is 9. The fourth-order valence-corrected chi connectivity index (χ4v) is 8.22. The van der Waals surface area contributed by atoms with Gasteiger partial charge in [-0.15, -0.1) is 0 Å². The van der Waals surface area contributed by atoms with E-state index in [4.69, 9.17) is 9.47 Å². The number of ketones is 2. The van der Waals surface area contributed by atoms with Gasteiger partial charge in [-0.1, -0.05) is 54.6 Å². The van der Waals surface area contributed by atoms with Crippen molar-refractivity contribution in [2.45, 2.75) is 6.92 Å². The Bertz CT molecular complexity index is 3140. The maximum absolute atomic E-state index is 13.7. The van der Waals surface area contributed by atoms with E-state index in [2.05, 4.69) is 109 Å². The molecule has 0 aliphatic heterocycles. The maximum atomic E-state index is 13.7. The Morgan fingerprint density at radius 2 is 0.745 bits per heavy atom. The molecule has 9 aromatic rings. The first-order chi connectivity index (χ1) is 24.9. The molecule has 0 saturated carbocycles. The molecule has 0 radical (unpaired) electrons. The van der Waals surface area contributed by atoms with Crippen molar-refractivity contribution in [1.29, 1.82) is 0 Å². The van der Waals surface area contributed by atoms with E-state index in [-0.39, 0.29) is 23.1 Å². The van der Waals surface area contributed by atoms with E-state index in [1.54, 1.807) is 6.92 Å². The van der Waals surface area contributed by atoms with Crippen LogP contribution in [0.1, 0.15) is 12.5 Å². The second-order valence-corrected chi connectivity index (χ2v) is 13.6. The first kappa shape index (κ1) is 29.4. The van der Waals surface area contributed by atoms with Gasteiger partial charge in [0.05, 0.1) is 14.2 Å². The van der Waals surface area contributed by atoms with Gasteiger partial charge in [0.15, 0.2) is 0 Å². The molecule has 4 nitrogen and oxygen atoms in total. The van der Waals surface area contributed by atoms with Crippen LogP contribution in [0.5, 0.6) is 0 Å². The summed E-state index contributed by atoms with van der Waals surface area (Å²) in [5.74, 6) is -0.831. The normalized spacial score (nSPS) is 14.1. The van der Waals surface area contributed by atoms with Gasteiger partial charge in [0.1, 0.15) is 0 Å². The zero-order chi connectivity index (χ0) is 34.5. The van der Waals surface area contributed by atoms with Crippen LogP contribution in [-0.4, -0.2) is 25.8 Å². The third-order valence-electron chi connectivity index (χ3n) is 10.8. The van der Waals surface area contributed by atoms with Crippen molar-refractivity contribution >= 4 is 103 Å². The number of benzene rings is 9. The molecule has 0 amide bonds. The molecule has 0 unspecified atom stereocenters. The van der Waals surface area contributed by atoms with Crippen molar-refractivity contribution in [3.63, 3.8) is 0 Å². The lowest BCUT2D eigenvalue weighted by Gasteiger charge is -2.21. The van der Waals surface area contributed by atoms with Crippen LogP contribution in [0, 0.1) is 0 Å². The molecule has 1 aliphatic carbocycles. The van der Waals surface area contributed by atoms with Gasteiger partial charge >= 0.3 is 0 Å². The first-order valence-electron chi connectivity index (χ1n) is 17.0. The van der Waals surface area contributed by atoms with Crippen LogP contribution in [0.15, 0.2) is 144 Å². The Balaban J connectivity index is 1.16. The van der Waals surface area contributed by atoms with Crippen LogP contribution in [-0.2, 0) is 19.1 Å². The molecule has 0 bridgehead atoms. The van der Waals surface area contributed by atoms with Crippen molar-refractivity contribution in [2.24, 2.45) is 0 Å². The van der Waals surface area contributed by atoms with Crippen LogP contribution in [0.3, 0.4) is 0 Å². The van der Waals surface area contributed by atoms with Crippen molar-refractivity contribution in [2.75, 3.05) is 14.2 Å². The van der Waals surface area contributed by atoms with Gasteiger partial charge in [-0.25, -0.2) is 0 Å². The zero-order valence-corrected chi connectivity index (χ0v) is 28.3. The van der Waals surface area contributed by atoms with E-state index >= 15 is 0 Å². The number of rotatable bonds is 3. The predicted octanol–water partition coefficient (Wildman–Crippen LogP) is 11.3. The van der Waals surface area contributed by atoms with Gasteiger partial charge in [-0.05, 0) is 171 Å². The second-order valence-electron chi connectivity index (χ2n) is 13.6. The molecule has 0 fully saturated rings. The third kappa shape index (κ3) is 4.33. The predicted molar refractivity (Wildman–Crippen MR) is 210 cm³/mol. The summed E-state index contributed by atoms with van der Waals surface area (Å²) in [6.07, 6.45) is 0. The monoisotopic (exact) mass is 658 g/mol. The molecule has 0 N–H and O–H groups in total. The maximum Gasteiger partial charge on any atom is 0.232 e. The molecular weight excluding hydrogens is 629 g/mol. The quantitative estimate of drug-likeness (QED) is 0.108. The van der Waals surface area contributed by atoms with Crippen LogP contribution in [0.4, 0.5) is 0 Å². The summed E-state index contributed by atoms with van der Waals surface area (Å²) in [5.41, 5.74) is 1.39. The number of hydrogen-bond acceptors (Lipinski definition) is 4. The van der Waals surface area contributed by atoms with Gasteiger partial charge in [0.2, 0.25) is 23.1 Å². The fraction of sp³-hybridized carbons (Fsp3) is 0.0638. The molecule has 1 aliphatic rings. The summed E-state index contributed by atoms with van der Waals surface area (Å²) in [4.78, 5) is 27.0. The minimum absolute atomic E-state index is 0.0596. The van der Waals surface area contributed by atoms with E-state index in [1.165, 1.54) is 68.1 Å². The number of ether oxygens (including phenoxy) is 2. The lowest BCUT2D eigenvalue weighted by molar-refractivity contribution is -0.119. The summed E-state index contributed by atoms with van der Waals surface area (Å²) in [6, 6.07) is 46.1. The summed E-state index contributed by atoms with van der Waals surface area (Å²) >= 11 is 0. The molecule has 4 heteroatoms. The fourth-order valence-electron chi connectivity index (χ4n) is 8.22. The molecule has 242 valence electrons. The number of carbonyl (C=O) groups is 2. The van der Waals surface area contributed by atoms with Crippen LogP contribution in [0.25, 0.3) is 91.8 Å². The summed E-state index contributed by atoms with van der Waals surface area (Å²) < 4.78 is 10.7. The van der Waals surface area contributed by atoms with Crippen molar-refractivity contribution < 1.29 is 19.1 Å². The van der Waals surface area contributed by atoms with Crippen LogP contribution >= 0.6 is 0 Å². The summed E-state index contributed by atoms with van der Waals surface area (Å²) in [7, 11) is 2.77. The van der Waals surface area contributed by atoms with Crippen LogP contribution in [0.2, 0.25) is 0 Å². The van der Waals surface area contributed by atoms with Crippen molar-refractivity contribution in [1.82, 2.24) is 0 Å². The van der Waals surface area contributed by atoms with Gasteiger partial charge in [0.25, 0.3) is 0 Å². The lowest BCUT2D eigenvalue weighted by atomic mass is 9.85. The average molecular weight is 659 g/mol. The third-order valence-corrected chi connectivity index (χ3v) is 10.8. The Morgan fingerprint density at radius 3 is 1.24 bits per heavy atom. The Hall–Kier alpha value is -6.52. The van der Waals surface area contributed by atoms with Crippen molar-refractivity contribution in [3.8, 4) is 0 Å². The average Bonchev–Trinajstić information content (AvgIpc) is 3.14. The topological polar surface area (TPSA) is 52.6 Å². The van der Waals surface area contributed by atoms with E-state index in [1.807, 2.05) is 18.2 Å². The van der Waals surface area contributed by atoms with E-state index < -0.39 is 0 Å². The van der Waals surface area contributed by atoms with Gasteiger partial charge in [0, 0.05) is 11.1 Å². The molecule has 0 spiro atoms.